The average Bonchev–Trinajstić information content (AvgIpc) is 2.41. The predicted octanol–water partition coefficient (Wildman–Crippen LogP) is 1.88. The minimum atomic E-state index is -1.89. The van der Waals surface area contributed by atoms with Gasteiger partial charge in [0.05, 0.1) is 5.02 Å². The number of ether oxygens (including phenoxy) is 1. The summed E-state index contributed by atoms with van der Waals surface area (Å²) in [7, 11) is -1.89. The predicted molar refractivity (Wildman–Crippen MR) is 72.0 cm³/mol. The molecule has 7 heteroatoms. The van der Waals surface area contributed by atoms with E-state index in [4.69, 9.17) is 26.4 Å². The number of benzene rings is 2. The lowest BCUT2D eigenvalue weighted by Gasteiger charge is -2.09. The molecule has 0 aromatic heterocycles. The fraction of sp³-hybridized carbons (Fsp3) is 0.0769. The summed E-state index contributed by atoms with van der Waals surface area (Å²) in [4.78, 5) is 0. The highest BCUT2D eigenvalue weighted by Gasteiger charge is 2.16. The van der Waals surface area contributed by atoms with E-state index >= 15 is 0 Å². The molecule has 3 nitrogen and oxygen atoms in total. The van der Waals surface area contributed by atoms with Gasteiger partial charge >= 0.3 is 7.12 Å². The second-order valence-corrected chi connectivity index (χ2v) is 4.50. The van der Waals surface area contributed by atoms with E-state index < -0.39 is 18.8 Å². The van der Waals surface area contributed by atoms with Crippen molar-refractivity contribution in [2.45, 2.75) is 6.61 Å². The van der Waals surface area contributed by atoms with Crippen molar-refractivity contribution >= 4 is 24.2 Å². The third-order valence-corrected chi connectivity index (χ3v) is 2.92. The largest absolute Gasteiger partial charge is 0.491 e. The summed E-state index contributed by atoms with van der Waals surface area (Å²) in [6.45, 7) is 0.0575. The second kappa shape index (κ2) is 6.22. The van der Waals surface area contributed by atoms with Gasteiger partial charge in [0.15, 0.2) is 0 Å². The van der Waals surface area contributed by atoms with Crippen molar-refractivity contribution in [1.29, 1.82) is 0 Å². The van der Waals surface area contributed by atoms with Crippen LogP contribution >= 0.6 is 11.6 Å². The zero-order chi connectivity index (χ0) is 14.7. The molecular weight excluding hydrogens is 288 g/mol. The van der Waals surface area contributed by atoms with E-state index in [0.29, 0.717) is 11.3 Å². The van der Waals surface area contributed by atoms with Crippen LogP contribution in [0.3, 0.4) is 0 Å². The standard InChI is InChI=1S/C13H10BClF2O3/c15-11-6-9(2-4-13(11)17)20-7-8-1-3-12(16)10(5-8)14(18)19/h1-6,18-19H,7H2. The number of hydrogen-bond donors (Lipinski definition) is 2. The lowest BCUT2D eigenvalue weighted by molar-refractivity contribution is 0.305. The third kappa shape index (κ3) is 3.48. The van der Waals surface area contributed by atoms with Crippen LogP contribution in [-0.2, 0) is 6.61 Å². The Morgan fingerprint density at radius 3 is 2.40 bits per heavy atom. The van der Waals surface area contributed by atoms with E-state index in [0.717, 1.165) is 6.07 Å². The second-order valence-electron chi connectivity index (χ2n) is 4.09. The normalized spacial score (nSPS) is 10.4. The number of rotatable bonds is 4. The van der Waals surface area contributed by atoms with Crippen LogP contribution in [0.4, 0.5) is 8.78 Å². The van der Waals surface area contributed by atoms with Gasteiger partial charge in [-0.3, -0.25) is 0 Å². The van der Waals surface area contributed by atoms with Crippen molar-refractivity contribution in [3.8, 4) is 5.75 Å². The lowest BCUT2D eigenvalue weighted by atomic mass is 9.79. The fourth-order valence-electron chi connectivity index (χ4n) is 1.61. The molecule has 0 aliphatic carbocycles. The van der Waals surface area contributed by atoms with Crippen LogP contribution in [0.15, 0.2) is 36.4 Å². The third-order valence-electron chi connectivity index (χ3n) is 2.64. The van der Waals surface area contributed by atoms with E-state index in [1.54, 1.807) is 0 Å². The Balaban J connectivity index is 2.10. The van der Waals surface area contributed by atoms with Crippen LogP contribution in [0.25, 0.3) is 0 Å². The molecule has 0 unspecified atom stereocenters. The van der Waals surface area contributed by atoms with Gasteiger partial charge in [-0.15, -0.1) is 0 Å². The summed E-state index contributed by atoms with van der Waals surface area (Å²) in [5.41, 5.74) is 0.304. The quantitative estimate of drug-likeness (QED) is 0.847. The topological polar surface area (TPSA) is 49.7 Å². The first-order valence-corrected chi connectivity index (χ1v) is 6.07. The molecule has 0 saturated heterocycles. The highest BCUT2D eigenvalue weighted by Crippen LogP contribution is 2.21. The summed E-state index contributed by atoms with van der Waals surface area (Å²) >= 11 is 5.61. The molecule has 0 amide bonds. The van der Waals surface area contributed by atoms with Gasteiger partial charge in [0.2, 0.25) is 0 Å². The number of hydrogen-bond acceptors (Lipinski definition) is 3. The molecule has 0 saturated carbocycles. The molecule has 0 bridgehead atoms. The Bertz CT molecular complexity index is 623. The highest BCUT2D eigenvalue weighted by molar-refractivity contribution is 6.58. The Labute approximate surface area is 119 Å². The summed E-state index contributed by atoms with van der Waals surface area (Å²) in [6, 6.07) is 7.75. The van der Waals surface area contributed by atoms with E-state index in [-0.39, 0.29) is 17.1 Å². The van der Waals surface area contributed by atoms with Crippen LogP contribution < -0.4 is 10.2 Å². The fourth-order valence-corrected chi connectivity index (χ4v) is 1.78. The van der Waals surface area contributed by atoms with Crippen LogP contribution in [0.5, 0.6) is 5.75 Å². The maximum absolute atomic E-state index is 13.3. The minimum absolute atomic E-state index is 0.0575. The zero-order valence-electron chi connectivity index (χ0n) is 10.2. The first-order valence-electron chi connectivity index (χ1n) is 5.69. The monoisotopic (exact) mass is 298 g/mol. The molecule has 0 aliphatic rings. The highest BCUT2D eigenvalue weighted by atomic mass is 35.5. The van der Waals surface area contributed by atoms with Gasteiger partial charge < -0.3 is 14.8 Å². The molecule has 2 rings (SSSR count). The molecule has 0 fully saturated rings. The Morgan fingerprint density at radius 2 is 1.75 bits per heavy atom. The van der Waals surface area contributed by atoms with Crippen LogP contribution in [0.2, 0.25) is 5.02 Å². The Morgan fingerprint density at radius 1 is 1.05 bits per heavy atom. The van der Waals surface area contributed by atoms with Crippen molar-refractivity contribution < 1.29 is 23.6 Å². The smallest absolute Gasteiger partial charge is 0.489 e. The molecule has 0 radical (unpaired) electrons. The van der Waals surface area contributed by atoms with E-state index in [2.05, 4.69) is 0 Å². The molecule has 0 aliphatic heterocycles. The molecule has 0 atom stereocenters. The van der Waals surface area contributed by atoms with E-state index in [9.17, 15) is 8.78 Å². The molecule has 2 aromatic carbocycles. The van der Waals surface area contributed by atoms with E-state index in [1.165, 1.54) is 30.3 Å². The summed E-state index contributed by atoms with van der Waals surface area (Å²) < 4.78 is 31.6. The molecule has 20 heavy (non-hydrogen) atoms. The summed E-state index contributed by atoms with van der Waals surface area (Å²) in [5, 5.41) is 17.9. The van der Waals surface area contributed by atoms with Crippen LogP contribution in [0, 0.1) is 11.6 Å². The Kier molecular flexibility index (Phi) is 4.59. The first-order chi connectivity index (χ1) is 9.47. The van der Waals surface area contributed by atoms with Gasteiger partial charge in [-0.25, -0.2) is 8.78 Å². The first kappa shape index (κ1) is 14.8. The molecule has 2 N–H and O–H groups in total. The van der Waals surface area contributed by atoms with Crippen LogP contribution in [0.1, 0.15) is 5.56 Å². The van der Waals surface area contributed by atoms with Crippen molar-refractivity contribution in [1.82, 2.24) is 0 Å². The molecular formula is C13H10BClF2O3. The van der Waals surface area contributed by atoms with Gasteiger partial charge in [0.1, 0.15) is 24.0 Å². The minimum Gasteiger partial charge on any atom is -0.489 e. The summed E-state index contributed by atoms with van der Waals surface area (Å²) in [5.74, 6) is -0.910. The van der Waals surface area contributed by atoms with Crippen molar-refractivity contribution in [3.05, 3.63) is 58.6 Å². The molecule has 104 valence electrons. The zero-order valence-corrected chi connectivity index (χ0v) is 10.9. The molecule has 0 spiro atoms. The SMILES string of the molecule is OB(O)c1cc(COc2ccc(F)c(Cl)c2)ccc1F. The van der Waals surface area contributed by atoms with Gasteiger partial charge in [-0.2, -0.15) is 0 Å². The Hall–Kier alpha value is -1.63. The maximum atomic E-state index is 13.3. The number of halogens is 3. The van der Waals surface area contributed by atoms with Gasteiger partial charge in [0.25, 0.3) is 0 Å². The van der Waals surface area contributed by atoms with Crippen LogP contribution in [-0.4, -0.2) is 17.2 Å². The molecule has 0 heterocycles. The van der Waals surface area contributed by atoms with E-state index in [1.807, 2.05) is 0 Å². The van der Waals surface area contributed by atoms with Crippen molar-refractivity contribution in [2.24, 2.45) is 0 Å². The molecule has 2 aromatic rings. The maximum Gasteiger partial charge on any atom is 0.491 e. The lowest BCUT2D eigenvalue weighted by Crippen LogP contribution is -2.33. The van der Waals surface area contributed by atoms with Gasteiger partial charge in [-0.1, -0.05) is 23.7 Å². The van der Waals surface area contributed by atoms with Gasteiger partial charge in [-0.05, 0) is 23.8 Å². The summed E-state index contributed by atoms with van der Waals surface area (Å²) in [6.07, 6.45) is 0. The average molecular weight is 298 g/mol. The van der Waals surface area contributed by atoms with Crippen molar-refractivity contribution in [3.63, 3.8) is 0 Å². The van der Waals surface area contributed by atoms with Gasteiger partial charge in [0, 0.05) is 11.5 Å². The van der Waals surface area contributed by atoms with Crippen molar-refractivity contribution in [2.75, 3.05) is 0 Å².